The lowest BCUT2D eigenvalue weighted by Gasteiger charge is -2.13. The molecule has 0 amide bonds. The molecule has 0 atom stereocenters. The highest BCUT2D eigenvalue weighted by Gasteiger charge is 2.16. The molecule has 0 fully saturated rings. The molecule has 1 aromatic carbocycles. The molecule has 0 aliphatic rings. The number of hydrogen-bond donors (Lipinski definition) is 1. The van der Waals surface area contributed by atoms with Crippen LogP contribution in [0.15, 0.2) is 39.8 Å². The van der Waals surface area contributed by atoms with Crippen molar-refractivity contribution in [3.63, 3.8) is 0 Å². The van der Waals surface area contributed by atoms with Crippen LogP contribution in [-0.4, -0.2) is 30.8 Å². The van der Waals surface area contributed by atoms with Crippen LogP contribution in [0.4, 0.5) is 0 Å². The second kappa shape index (κ2) is 6.55. The predicted octanol–water partition coefficient (Wildman–Crippen LogP) is 3.49. The second-order valence-electron chi connectivity index (χ2n) is 6.30. The number of aromatic nitrogens is 5. The molecule has 0 unspecified atom stereocenters. The maximum absolute atomic E-state index is 12.5. The van der Waals surface area contributed by atoms with Gasteiger partial charge in [0.05, 0.1) is 23.0 Å². The van der Waals surface area contributed by atoms with Gasteiger partial charge in [0.25, 0.3) is 11.4 Å². The van der Waals surface area contributed by atoms with Crippen molar-refractivity contribution in [1.82, 2.24) is 24.7 Å². The average molecular weight is 386 g/mol. The van der Waals surface area contributed by atoms with E-state index >= 15 is 0 Å². The quantitative estimate of drug-likeness (QED) is 0.577. The summed E-state index contributed by atoms with van der Waals surface area (Å²) >= 11 is 6.21. The summed E-state index contributed by atoms with van der Waals surface area (Å²) in [5.74, 6) is 1.33. The number of H-pyrrole nitrogens is 1. The van der Waals surface area contributed by atoms with Crippen molar-refractivity contribution < 1.29 is 9.26 Å². The molecule has 1 N–H and O–H groups in total. The summed E-state index contributed by atoms with van der Waals surface area (Å²) in [6.07, 6.45) is 1.49. The summed E-state index contributed by atoms with van der Waals surface area (Å²) in [5.41, 5.74) is 2.06. The SMILES string of the molecule is Cc1noc(-c2cnn3c(=O)cc(-c4ccc(Cl)c(OC(C)C)c4)[nH]c23)n1. The van der Waals surface area contributed by atoms with Crippen LogP contribution in [0, 0.1) is 6.92 Å². The van der Waals surface area contributed by atoms with E-state index < -0.39 is 0 Å². The van der Waals surface area contributed by atoms with Gasteiger partial charge in [0.2, 0.25) is 0 Å². The standard InChI is InChI=1S/C18H16ClN5O3/c1-9(2)26-15-6-11(4-5-13(15)19)14-7-16(25)24-17(22-14)12(8-20-24)18-21-10(3)23-27-18/h4-9,22H,1-3H3. The highest BCUT2D eigenvalue weighted by atomic mass is 35.5. The Morgan fingerprint density at radius 1 is 1.30 bits per heavy atom. The number of nitrogens with one attached hydrogen (secondary N) is 1. The molecule has 0 saturated heterocycles. The first kappa shape index (κ1) is 17.3. The summed E-state index contributed by atoms with van der Waals surface area (Å²) < 4.78 is 12.2. The van der Waals surface area contributed by atoms with Gasteiger partial charge < -0.3 is 14.2 Å². The minimum atomic E-state index is -0.289. The molecule has 0 aliphatic carbocycles. The molecule has 0 aliphatic heterocycles. The first-order chi connectivity index (χ1) is 12.9. The number of aromatic amines is 1. The van der Waals surface area contributed by atoms with Gasteiger partial charge in [-0.2, -0.15) is 14.6 Å². The van der Waals surface area contributed by atoms with Crippen LogP contribution in [0.2, 0.25) is 5.02 Å². The Balaban J connectivity index is 1.87. The van der Waals surface area contributed by atoms with E-state index in [0.717, 1.165) is 5.56 Å². The largest absolute Gasteiger partial charge is 0.489 e. The van der Waals surface area contributed by atoms with Crippen molar-refractivity contribution in [2.24, 2.45) is 0 Å². The number of benzene rings is 1. The minimum absolute atomic E-state index is 0.0264. The van der Waals surface area contributed by atoms with Crippen molar-refractivity contribution in [3.05, 3.63) is 51.7 Å². The number of rotatable bonds is 4. The van der Waals surface area contributed by atoms with Gasteiger partial charge in [-0.25, -0.2) is 0 Å². The van der Waals surface area contributed by atoms with Crippen LogP contribution in [0.5, 0.6) is 5.75 Å². The molecule has 27 heavy (non-hydrogen) atoms. The van der Waals surface area contributed by atoms with Gasteiger partial charge in [0, 0.05) is 11.6 Å². The first-order valence-electron chi connectivity index (χ1n) is 8.30. The zero-order valence-corrected chi connectivity index (χ0v) is 15.6. The van der Waals surface area contributed by atoms with Crippen molar-refractivity contribution >= 4 is 17.2 Å². The average Bonchev–Trinajstić information content (AvgIpc) is 3.22. The van der Waals surface area contributed by atoms with Gasteiger partial charge in [-0.05, 0) is 32.9 Å². The number of hydrogen-bond acceptors (Lipinski definition) is 6. The molecular weight excluding hydrogens is 370 g/mol. The van der Waals surface area contributed by atoms with E-state index in [4.69, 9.17) is 20.9 Å². The van der Waals surface area contributed by atoms with Crippen LogP contribution in [0.25, 0.3) is 28.4 Å². The third-order valence-corrected chi connectivity index (χ3v) is 4.17. The van der Waals surface area contributed by atoms with Gasteiger partial charge >= 0.3 is 0 Å². The lowest BCUT2D eigenvalue weighted by molar-refractivity contribution is 0.242. The van der Waals surface area contributed by atoms with Gasteiger partial charge in [0.1, 0.15) is 11.3 Å². The number of nitrogens with zero attached hydrogens (tertiary/aromatic N) is 4. The predicted molar refractivity (Wildman–Crippen MR) is 100 cm³/mol. The van der Waals surface area contributed by atoms with Crippen LogP contribution in [-0.2, 0) is 0 Å². The fraction of sp³-hybridized carbons (Fsp3) is 0.222. The second-order valence-corrected chi connectivity index (χ2v) is 6.71. The number of aryl methyl sites for hydroxylation is 1. The first-order valence-corrected chi connectivity index (χ1v) is 8.68. The monoisotopic (exact) mass is 385 g/mol. The topological polar surface area (TPSA) is 98.3 Å². The lowest BCUT2D eigenvalue weighted by atomic mass is 10.1. The van der Waals surface area contributed by atoms with Crippen LogP contribution in [0.3, 0.4) is 0 Å². The summed E-state index contributed by atoms with van der Waals surface area (Å²) in [4.78, 5) is 19.9. The van der Waals surface area contributed by atoms with E-state index in [2.05, 4.69) is 20.2 Å². The summed E-state index contributed by atoms with van der Waals surface area (Å²) in [6.45, 7) is 5.56. The Bertz CT molecular complexity index is 1190. The molecule has 4 rings (SSSR count). The molecule has 3 aromatic heterocycles. The van der Waals surface area contributed by atoms with E-state index in [1.165, 1.54) is 16.8 Å². The smallest absolute Gasteiger partial charge is 0.274 e. The molecule has 3 heterocycles. The Hall–Kier alpha value is -3.13. The highest BCUT2D eigenvalue weighted by molar-refractivity contribution is 6.32. The van der Waals surface area contributed by atoms with Gasteiger partial charge in [-0.3, -0.25) is 4.79 Å². The third kappa shape index (κ3) is 3.19. The van der Waals surface area contributed by atoms with Crippen LogP contribution in [0.1, 0.15) is 19.7 Å². The molecule has 8 nitrogen and oxygen atoms in total. The van der Waals surface area contributed by atoms with E-state index in [1.807, 2.05) is 19.9 Å². The zero-order valence-electron chi connectivity index (χ0n) is 14.9. The Kier molecular flexibility index (Phi) is 4.19. The van der Waals surface area contributed by atoms with E-state index in [0.29, 0.717) is 33.5 Å². The minimum Gasteiger partial charge on any atom is -0.489 e. The summed E-state index contributed by atoms with van der Waals surface area (Å²) in [7, 11) is 0. The lowest BCUT2D eigenvalue weighted by Crippen LogP contribution is -2.14. The Morgan fingerprint density at radius 2 is 2.11 bits per heavy atom. The number of fused-ring (bicyclic) bond motifs is 1. The maximum atomic E-state index is 12.5. The van der Waals surface area contributed by atoms with Gasteiger partial charge in [0.15, 0.2) is 11.5 Å². The molecular formula is C18H16ClN5O3. The van der Waals surface area contributed by atoms with Crippen molar-refractivity contribution in [1.29, 1.82) is 0 Å². The van der Waals surface area contributed by atoms with E-state index in [1.54, 1.807) is 19.1 Å². The van der Waals surface area contributed by atoms with Crippen LogP contribution >= 0.6 is 11.6 Å². The fourth-order valence-electron chi connectivity index (χ4n) is 2.72. The summed E-state index contributed by atoms with van der Waals surface area (Å²) in [5, 5.41) is 8.40. The van der Waals surface area contributed by atoms with E-state index in [9.17, 15) is 4.79 Å². The van der Waals surface area contributed by atoms with Crippen LogP contribution < -0.4 is 10.3 Å². The van der Waals surface area contributed by atoms with E-state index in [-0.39, 0.29) is 17.6 Å². The third-order valence-electron chi connectivity index (χ3n) is 3.86. The molecule has 0 spiro atoms. The fourth-order valence-corrected chi connectivity index (χ4v) is 2.88. The zero-order chi connectivity index (χ0) is 19.1. The van der Waals surface area contributed by atoms with Crippen molar-refractivity contribution in [3.8, 4) is 28.5 Å². The Labute approximate surface area is 158 Å². The van der Waals surface area contributed by atoms with Gasteiger partial charge in [-0.15, -0.1) is 0 Å². The van der Waals surface area contributed by atoms with Crippen molar-refractivity contribution in [2.45, 2.75) is 26.9 Å². The molecule has 4 aromatic rings. The molecule has 138 valence electrons. The van der Waals surface area contributed by atoms with Gasteiger partial charge in [-0.1, -0.05) is 22.8 Å². The molecule has 0 radical (unpaired) electrons. The maximum Gasteiger partial charge on any atom is 0.274 e. The normalized spacial score (nSPS) is 11.4. The molecule has 0 saturated carbocycles. The number of ether oxygens (including phenoxy) is 1. The van der Waals surface area contributed by atoms with Crippen molar-refractivity contribution in [2.75, 3.05) is 0 Å². The Morgan fingerprint density at radius 3 is 2.81 bits per heavy atom. The summed E-state index contributed by atoms with van der Waals surface area (Å²) in [6, 6.07) is 6.79. The molecule has 0 bridgehead atoms. The number of halogens is 1. The molecule has 9 heteroatoms. The highest BCUT2D eigenvalue weighted by Crippen LogP contribution is 2.31.